The van der Waals surface area contributed by atoms with E-state index in [0.29, 0.717) is 66.3 Å². The Labute approximate surface area is 250 Å². The number of carboxylic acid groups (broad SMARTS) is 2. The molecule has 2 aliphatic heterocycles. The lowest BCUT2D eigenvalue weighted by Gasteiger charge is -2.43. The minimum Gasteiger partial charge on any atom is -0.480 e. The summed E-state index contributed by atoms with van der Waals surface area (Å²) in [7, 11) is 5.68. The number of ketones is 2. The fourth-order valence-electron chi connectivity index (χ4n) is 5.46. The van der Waals surface area contributed by atoms with Crippen molar-refractivity contribution >= 4 is 29.2 Å². The van der Waals surface area contributed by atoms with Crippen molar-refractivity contribution in [2.75, 3.05) is 21.1 Å². The number of hydrogen-bond acceptors (Lipinski definition) is 6. The molecule has 0 amide bonds. The number of aliphatic carboxylic acids is 2. The molecule has 0 saturated carbocycles. The van der Waals surface area contributed by atoms with Gasteiger partial charge in [-0.25, -0.2) is 9.37 Å². The highest BCUT2D eigenvalue weighted by molar-refractivity contribution is 6.36. The van der Waals surface area contributed by atoms with Gasteiger partial charge in [0.2, 0.25) is 0 Å². The summed E-state index contributed by atoms with van der Waals surface area (Å²) >= 11 is 0. The van der Waals surface area contributed by atoms with Gasteiger partial charge < -0.3 is 15.5 Å². The first-order valence-electron chi connectivity index (χ1n) is 14.8. The molecule has 0 aromatic rings. The SMILES string of the molecule is C.CC1CC(C(=O)O)=[N+](C)C(C)C1C.CC1CC(C(=O)O)N(C)C(C)C1C.CNC(C)C(C)C(C)CC(=O)C(C)=O. The van der Waals surface area contributed by atoms with Gasteiger partial charge in [-0.05, 0) is 70.9 Å². The Hall–Kier alpha value is -2.13. The highest BCUT2D eigenvalue weighted by atomic mass is 16.4. The molecule has 0 bridgehead atoms. The van der Waals surface area contributed by atoms with Gasteiger partial charge in [0.05, 0.1) is 0 Å². The minimum absolute atomic E-state index is 0. The highest BCUT2D eigenvalue weighted by Gasteiger charge is 2.38. The van der Waals surface area contributed by atoms with Gasteiger partial charge >= 0.3 is 11.9 Å². The Balaban J connectivity index is 0. The van der Waals surface area contributed by atoms with Gasteiger partial charge in [-0.15, -0.1) is 0 Å². The number of carboxylic acids is 2. The first-order valence-corrected chi connectivity index (χ1v) is 14.8. The summed E-state index contributed by atoms with van der Waals surface area (Å²) in [4.78, 5) is 45.8. The fraction of sp³-hybridized carbons (Fsp3) is 0.844. The second kappa shape index (κ2) is 18.4. The van der Waals surface area contributed by atoms with Crippen LogP contribution in [-0.4, -0.2) is 94.2 Å². The Morgan fingerprint density at radius 2 is 1.49 bits per heavy atom. The molecule has 1 saturated heterocycles. The molecule has 2 heterocycles. The summed E-state index contributed by atoms with van der Waals surface area (Å²) in [5, 5.41) is 21.1. The van der Waals surface area contributed by atoms with E-state index in [-0.39, 0.29) is 31.0 Å². The number of likely N-dealkylation sites (N-methyl/N-ethyl adjacent to an activating group) is 1. The van der Waals surface area contributed by atoms with Crippen LogP contribution in [0.4, 0.5) is 0 Å². The van der Waals surface area contributed by atoms with Crippen LogP contribution in [0.3, 0.4) is 0 Å². The molecular weight excluding hydrogens is 522 g/mol. The van der Waals surface area contributed by atoms with Crippen LogP contribution in [0.15, 0.2) is 0 Å². The molecule has 10 atom stereocenters. The van der Waals surface area contributed by atoms with E-state index in [2.05, 4.69) is 60.7 Å². The molecule has 1 fully saturated rings. The molecule has 9 nitrogen and oxygen atoms in total. The van der Waals surface area contributed by atoms with Crippen LogP contribution in [0.1, 0.15) is 95.9 Å². The lowest BCUT2D eigenvalue weighted by Crippen LogP contribution is -2.52. The van der Waals surface area contributed by atoms with Gasteiger partial charge in [-0.2, -0.15) is 0 Å². The quantitative estimate of drug-likeness (QED) is 0.277. The number of hydrogen-bond donors (Lipinski definition) is 3. The maximum absolute atomic E-state index is 11.2. The maximum atomic E-state index is 11.2. The summed E-state index contributed by atoms with van der Waals surface area (Å²) in [6, 6.07) is 0.769. The van der Waals surface area contributed by atoms with Gasteiger partial charge in [-0.3, -0.25) is 19.3 Å². The van der Waals surface area contributed by atoms with Gasteiger partial charge in [0, 0.05) is 37.8 Å². The number of rotatable bonds is 8. The molecule has 0 aromatic heterocycles. The second-order valence-corrected chi connectivity index (χ2v) is 12.6. The molecular formula is C32H62N3O6+. The lowest BCUT2D eigenvalue weighted by atomic mass is 9.79. The lowest BCUT2D eigenvalue weighted by molar-refractivity contribution is -0.550. The number of nitrogens with zero attached hydrogens (tertiary/aromatic N) is 2. The normalized spacial score (nSPS) is 30.2. The van der Waals surface area contributed by atoms with Crippen molar-refractivity contribution in [3.05, 3.63) is 0 Å². The molecule has 10 unspecified atom stereocenters. The van der Waals surface area contributed by atoms with Gasteiger partial charge in [0.15, 0.2) is 17.6 Å². The first-order chi connectivity index (χ1) is 18.3. The smallest absolute Gasteiger partial charge is 0.396 e. The monoisotopic (exact) mass is 584 g/mol. The van der Waals surface area contributed by atoms with Crippen molar-refractivity contribution < 1.29 is 34.0 Å². The molecule has 0 spiro atoms. The molecule has 41 heavy (non-hydrogen) atoms. The van der Waals surface area contributed by atoms with Crippen molar-refractivity contribution in [3.8, 4) is 0 Å². The third-order valence-electron chi connectivity index (χ3n) is 10.2. The number of piperidine rings is 1. The van der Waals surface area contributed by atoms with Crippen LogP contribution in [0, 0.1) is 35.5 Å². The number of carbonyl (C=O) groups excluding carboxylic acids is 2. The zero-order valence-electron chi connectivity index (χ0n) is 27.3. The molecule has 0 radical (unpaired) electrons. The van der Waals surface area contributed by atoms with Crippen LogP contribution in [-0.2, 0) is 19.2 Å². The predicted octanol–water partition coefficient (Wildman–Crippen LogP) is 4.71. The van der Waals surface area contributed by atoms with Crippen LogP contribution >= 0.6 is 0 Å². The number of carbonyl (C=O) groups is 4. The van der Waals surface area contributed by atoms with E-state index in [1.165, 1.54) is 6.92 Å². The van der Waals surface area contributed by atoms with Crippen LogP contribution in [0.2, 0.25) is 0 Å². The van der Waals surface area contributed by atoms with E-state index in [9.17, 15) is 19.2 Å². The third kappa shape index (κ3) is 11.9. The van der Waals surface area contributed by atoms with Gasteiger partial charge in [0.25, 0.3) is 5.71 Å². The van der Waals surface area contributed by atoms with E-state index in [1.807, 2.05) is 37.5 Å². The van der Waals surface area contributed by atoms with Crippen molar-refractivity contribution in [1.29, 1.82) is 0 Å². The zero-order valence-corrected chi connectivity index (χ0v) is 27.3. The Kier molecular flexibility index (Phi) is 18.4. The number of nitrogens with one attached hydrogen (secondary N) is 1. The average Bonchev–Trinajstić information content (AvgIpc) is 2.89. The van der Waals surface area contributed by atoms with E-state index in [0.717, 1.165) is 6.42 Å². The fourth-order valence-corrected chi connectivity index (χ4v) is 5.46. The Morgan fingerprint density at radius 1 is 0.976 bits per heavy atom. The van der Waals surface area contributed by atoms with Gasteiger partial charge in [-0.1, -0.05) is 49.0 Å². The number of Topliss-reactive ketones (excluding diaryl/α,β-unsaturated/α-hetero) is 2. The predicted molar refractivity (Wildman–Crippen MR) is 167 cm³/mol. The molecule has 2 aliphatic rings. The largest absolute Gasteiger partial charge is 0.480 e. The Morgan fingerprint density at radius 3 is 1.90 bits per heavy atom. The number of likely N-dealkylation sites (tertiary alicyclic amines) is 1. The summed E-state index contributed by atoms with van der Waals surface area (Å²) in [6.45, 7) is 20.4. The van der Waals surface area contributed by atoms with E-state index >= 15 is 0 Å². The highest BCUT2D eigenvalue weighted by Crippen LogP contribution is 2.31. The van der Waals surface area contributed by atoms with E-state index in [4.69, 9.17) is 10.2 Å². The molecule has 2 rings (SSSR count). The molecule has 3 N–H and O–H groups in total. The zero-order chi connectivity index (χ0) is 31.6. The molecule has 0 aromatic carbocycles. The maximum Gasteiger partial charge on any atom is 0.396 e. The second-order valence-electron chi connectivity index (χ2n) is 12.6. The summed E-state index contributed by atoms with van der Waals surface area (Å²) < 4.78 is 1.90. The van der Waals surface area contributed by atoms with Crippen LogP contribution in [0.5, 0.6) is 0 Å². The summed E-state index contributed by atoms with van der Waals surface area (Å²) in [5.74, 6) is 0.713. The van der Waals surface area contributed by atoms with Crippen LogP contribution in [0.25, 0.3) is 0 Å². The minimum atomic E-state index is -0.770. The Bertz CT molecular complexity index is 904. The van der Waals surface area contributed by atoms with Crippen molar-refractivity contribution in [1.82, 2.24) is 10.2 Å². The van der Waals surface area contributed by atoms with Crippen molar-refractivity contribution in [2.45, 2.75) is 120 Å². The third-order valence-corrected chi connectivity index (χ3v) is 10.2. The van der Waals surface area contributed by atoms with E-state index < -0.39 is 11.9 Å². The van der Waals surface area contributed by atoms with Crippen molar-refractivity contribution in [2.24, 2.45) is 35.5 Å². The van der Waals surface area contributed by atoms with E-state index in [1.54, 1.807) is 0 Å². The first kappa shape index (κ1) is 41.0. The standard InChI is InChI=1S/C11H21NO2.C10H19NO2.C10H17NO2.CH4/c1-7(6-11(14)10(4)13)8(2)9(3)12-5;2*1-6-5-9(10(12)13)11(4)8(3)7(6)2;/h7-9,12H,6H2,1-5H3;6-9H,5H2,1-4H3,(H,12,13);6-8H,5H2,1-4H3;1H4/p+1. The van der Waals surface area contributed by atoms with Gasteiger partial charge in [0.1, 0.15) is 13.1 Å². The topological polar surface area (TPSA) is 127 Å². The van der Waals surface area contributed by atoms with Crippen molar-refractivity contribution in [3.63, 3.8) is 0 Å². The van der Waals surface area contributed by atoms with Crippen LogP contribution < -0.4 is 5.32 Å². The average molecular weight is 585 g/mol. The summed E-state index contributed by atoms with van der Waals surface area (Å²) in [6.07, 6.45) is 1.83. The molecule has 0 aliphatic carbocycles. The molecule has 9 heteroatoms. The summed E-state index contributed by atoms with van der Waals surface area (Å²) in [5.41, 5.74) is 0.554. The molecule has 240 valence electrons.